The molecule has 19 heavy (non-hydrogen) atoms. The van der Waals surface area contributed by atoms with Crippen LogP contribution in [0.15, 0.2) is 47.5 Å². The van der Waals surface area contributed by atoms with E-state index < -0.39 is 0 Å². The molecule has 5 nitrogen and oxygen atoms in total. The van der Waals surface area contributed by atoms with Crippen molar-refractivity contribution in [2.75, 3.05) is 11.1 Å². The van der Waals surface area contributed by atoms with Crippen molar-refractivity contribution in [1.29, 1.82) is 0 Å². The van der Waals surface area contributed by atoms with Crippen molar-refractivity contribution in [1.82, 2.24) is 15.0 Å². The molecule has 6 heteroatoms. The molecule has 0 unspecified atom stereocenters. The van der Waals surface area contributed by atoms with Crippen molar-refractivity contribution in [3.8, 4) is 0 Å². The Morgan fingerprint density at radius 3 is 2.89 bits per heavy atom. The number of aromatic nitrogens is 3. The third kappa shape index (κ3) is 2.34. The topological polar surface area (TPSA) is 76.7 Å². The van der Waals surface area contributed by atoms with E-state index in [1.54, 1.807) is 12.4 Å². The van der Waals surface area contributed by atoms with Crippen molar-refractivity contribution in [2.45, 2.75) is 0 Å². The Hall–Kier alpha value is -2.21. The summed E-state index contributed by atoms with van der Waals surface area (Å²) < 4.78 is 0.943. The molecule has 0 bridgehead atoms. The first-order valence-electron chi connectivity index (χ1n) is 5.61. The zero-order valence-corrected chi connectivity index (χ0v) is 11.4. The Balaban J connectivity index is 2.09. The average Bonchev–Trinajstić information content (AvgIpc) is 2.41. The summed E-state index contributed by atoms with van der Waals surface area (Å²) >= 11 is 3.41. The van der Waals surface area contributed by atoms with Crippen molar-refractivity contribution in [2.24, 2.45) is 0 Å². The highest BCUT2D eigenvalue weighted by Gasteiger charge is 2.06. The van der Waals surface area contributed by atoms with Crippen LogP contribution < -0.4 is 11.1 Å². The monoisotopic (exact) mass is 315 g/mol. The normalized spacial score (nSPS) is 10.6. The van der Waals surface area contributed by atoms with Crippen LogP contribution in [0.1, 0.15) is 0 Å². The molecule has 0 spiro atoms. The summed E-state index contributed by atoms with van der Waals surface area (Å²) in [6, 6.07) is 7.90. The van der Waals surface area contributed by atoms with E-state index in [1.807, 2.05) is 24.3 Å². The molecular weight excluding hydrogens is 306 g/mol. The standard InChI is InChI=1S/C13H10BrN5/c14-9-4-8-2-1-3-11(12(8)17-5-9)19-13-10(15)6-16-7-18-13/h1-7H,15H2,(H,16,18,19). The van der Waals surface area contributed by atoms with E-state index in [1.165, 1.54) is 6.33 Å². The highest BCUT2D eigenvalue weighted by Crippen LogP contribution is 2.27. The van der Waals surface area contributed by atoms with Gasteiger partial charge in [0.05, 0.1) is 23.1 Å². The molecule has 0 saturated heterocycles. The van der Waals surface area contributed by atoms with Crippen LogP contribution in [0.3, 0.4) is 0 Å². The number of hydrogen-bond acceptors (Lipinski definition) is 5. The lowest BCUT2D eigenvalue weighted by atomic mass is 10.2. The van der Waals surface area contributed by atoms with Crippen LogP contribution in [0.4, 0.5) is 17.2 Å². The molecule has 0 aliphatic rings. The van der Waals surface area contributed by atoms with E-state index >= 15 is 0 Å². The number of pyridine rings is 1. The zero-order chi connectivity index (χ0) is 13.2. The van der Waals surface area contributed by atoms with Crippen LogP contribution in [0, 0.1) is 0 Å². The number of hydrogen-bond donors (Lipinski definition) is 2. The van der Waals surface area contributed by atoms with Gasteiger partial charge in [0.1, 0.15) is 6.33 Å². The Bertz CT molecular complexity index is 744. The smallest absolute Gasteiger partial charge is 0.157 e. The van der Waals surface area contributed by atoms with Gasteiger partial charge in [0.25, 0.3) is 0 Å². The van der Waals surface area contributed by atoms with Gasteiger partial charge in [-0.25, -0.2) is 9.97 Å². The van der Waals surface area contributed by atoms with E-state index in [2.05, 4.69) is 36.2 Å². The van der Waals surface area contributed by atoms with Gasteiger partial charge in [0.15, 0.2) is 5.82 Å². The Kier molecular flexibility index (Phi) is 3.00. The molecule has 0 fully saturated rings. The van der Waals surface area contributed by atoms with E-state index in [9.17, 15) is 0 Å². The first kappa shape index (κ1) is 11.9. The SMILES string of the molecule is Nc1cncnc1Nc1cccc2cc(Br)cnc12. The van der Waals surface area contributed by atoms with Gasteiger partial charge in [-0.3, -0.25) is 4.98 Å². The Labute approximate surface area is 118 Å². The summed E-state index contributed by atoms with van der Waals surface area (Å²) in [5.41, 5.74) is 8.04. The van der Waals surface area contributed by atoms with Gasteiger partial charge < -0.3 is 11.1 Å². The van der Waals surface area contributed by atoms with E-state index in [4.69, 9.17) is 5.73 Å². The number of benzene rings is 1. The number of rotatable bonds is 2. The summed E-state index contributed by atoms with van der Waals surface area (Å²) in [5, 5.41) is 4.21. The lowest BCUT2D eigenvalue weighted by Gasteiger charge is -2.09. The second-order valence-electron chi connectivity index (χ2n) is 3.98. The average molecular weight is 316 g/mol. The first-order chi connectivity index (χ1) is 9.24. The van der Waals surface area contributed by atoms with Crippen molar-refractivity contribution >= 4 is 44.0 Å². The molecular formula is C13H10BrN5. The minimum atomic E-state index is 0.497. The number of nitrogens with two attached hydrogens (primary N) is 1. The number of nitrogens with zero attached hydrogens (tertiary/aromatic N) is 3. The first-order valence-corrected chi connectivity index (χ1v) is 6.40. The number of nitrogen functional groups attached to an aromatic ring is 1. The second-order valence-corrected chi connectivity index (χ2v) is 4.90. The molecule has 94 valence electrons. The lowest BCUT2D eigenvalue weighted by Crippen LogP contribution is -2.00. The van der Waals surface area contributed by atoms with Crippen molar-refractivity contribution in [3.63, 3.8) is 0 Å². The number of halogens is 1. The van der Waals surface area contributed by atoms with Crippen LogP contribution in [-0.4, -0.2) is 15.0 Å². The van der Waals surface area contributed by atoms with E-state index in [0.717, 1.165) is 21.1 Å². The van der Waals surface area contributed by atoms with Gasteiger partial charge in [-0.15, -0.1) is 0 Å². The van der Waals surface area contributed by atoms with Crippen molar-refractivity contribution in [3.05, 3.63) is 47.5 Å². The molecule has 0 amide bonds. The van der Waals surface area contributed by atoms with Gasteiger partial charge >= 0.3 is 0 Å². The van der Waals surface area contributed by atoms with Crippen LogP contribution in [0.25, 0.3) is 10.9 Å². The third-order valence-corrected chi connectivity index (χ3v) is 3.10. The molecule has 0 aliphatic carbocycles. The summed E-state index contributed by atoms with van der Waals surface area (Å²) in [4.78, 5) is 12.4. The second kappa shape index (κ2) is 4.81. The fourth-order valence-electron chi connectivity index (χ4n) is 1.81. The third-order valence-electron chi connectivity index (χ3n) is 2.67. The molecule has 0 aliphatic heterocycles. The number of fused-ring (bicyclic) bond motifs is 1. The largest absolute Gasteiger partial charge is 0.394 e. The number of anilines is 3. The zero-order valence-electron chi connectivity index (χ0n) is 9.84. The number of nitrogens with one attached hydrogen (secondary N) is 1. The van der Waals surface area contributed by atoms with Crippen LogP contribution in [-0.2, 0) is 0 Å². The summed E-state index contributed by atoms with van der Waals surface area (Å²) in [5.74, 6) is 0.576. The Morgan fingerprint density at radius 2 is 2.05 bits per heavy atom. The molecule has 2 heterocycles. The highest BCUT2D eigenvalue weighted by atomic mass is 79.9. The highest BCUT2D eigenvalue weighted by molar-refractivity contribution is 9.10. The minimum Gasteiger partial charge on any atom is -0.394 e. The number of para-hydroxylation sites is 1. The molecule has 0 saturated carbocycles. The van der Waals surface area contributed by atoms with Crippen LogP contribution >= 0.6 is 15.9 Å². The summed E-state index contributed by atoms with van der Waals surface area (Å²) in [6.07, 6.45) is 4.77. The summed E-state index contributed by atoms with van der Waals surface area (Å²) in [6.45, 7) is 0. The lowest BCUT2D eigenvalue weighted by molar-refractivity contribution is 1.17. The van der Waals surface area contributed by atoms with Crippen molar-refractivity contribution < 1.29 is 0 Å². The summed E-state index contributed by atoms with van der Waals surface area (Å²) in [7, 11) is 0. The van der Waals surface area contributed by atoms with Crippen LogP contribution in [0.5, 0.6) is 0 Å². The maximum atomic E-state index is 5.82. The molecule has 2 aromatic heterocycles. The predicted octanol–water partition coefficient (Wildman–Crippen LogP) is 3.11. The fourth-order valence-corrected chi connectivity index (χ4v) is 2.16. The van der Waals surface area contributed by atoms with Gasteiger partial charge in [-0.05, 0) is 28.1 Å². The van der Waals surface area contributed by atoms with Gasteiger partial charge in [0, 0.05) is 16.1 Å². The molecule has 3 aromatic rings. The quantitative estimate of drug-likeness (QED) is 0.759. The van der Waals surface area contributed by atoms with E-state index in [0.29, 0.717) is 11.5 Å². The molecule has 0 atom stereocenters. The van der Waals surface area contributed by atoms with E-state index in [-0.39, 0.29) is 0 Å². The van der Waals surface area contributed by atoms with Gasteiger partial charge in [-0.1, -0.05) is 12.1 Å². The maximum absolute atomic E-state index is 5.82. The fraction of sp³-hybridized carbons (Fsp3) is 0. The van der Waals surface area contributed by atoms with Gasteiger partial charge in [0.2, 0.25) is 0 Å². The predicted molar refractivity (Wildman–Crippen MR) is 79.2 cm³/mol. The van der Waals surface area contributed by atoms with Crippen LogP contribution in [0.2, 0.25) is 0 Å². The maximum Gasteiger partial charge on any atom is 0.157 e. The Morgan fingerprint density at radius 1 is 1.16 bits per heavy atom. The molecule has 0 radical (unpaired) electrons. The molecule has 3 N–H and O–H groups in total. The molecule has 1 aromatic carbocycles. The minimum absolute atomic E-state index is 0.497. The molecule has 3 rings (SSSR count). The van der Waals surface area contributed by atoms with Gasteiger partial charge in [-0.2, -0.15) is 0 Å².